The van der Waals surface area contributed by atoms with Crippen molar-refractivity contribution in [3.05, 3.63) is 59.9 Å². The lowest BCUT2D eigenvalue weighted by molar-refractivity contribution is -0.144. The van der Waals surface area contributed by atoms with Crippen molar-refractivity contribution in [3.63, 3.8) is 0 Å². The number of pyridine rings is 1. The van der Waals surface area contributed by atoms with E-state index in [1.165, 1.54) is 19.2 Å². The highest BCUT2D eigenvalue weighted by atomic mass is 16.6. The van der Waals surface area contributed by atoms with Gasteiger partial charge in [0, 0.05) is 17.8 Å². The number of amides is 1. The highest BCUT2D eigenvalue weighted by Crippen LogP contribution is 2.31. The van der Waals surface area contributed by atoms with Crippen LogP contribution in [0.2, 0.25) is 0 Å². The number of aliphatic carboxylic acids is 1. The summed E-state index contributed by atoms with van der Waals surface area (Å²) >= 11 is 0. The molecule has 0 saturated heterocycles. The van der Waals surface area contributed by atoms with Crippen LogP contribution in [0.25, 0.3) is 11.3 Å². The van der Waals surface area contributed by atoms with Crippen molar-refractivity contribution in [2.24, 2.45) is 0 Å². The molecule has 0 aliphatic heterocycles. The molecule has 1 amide bonds. The monoisotopic (exact) mass is 411 g/mol. The summed E-state index contributed by atoms with van der Waals surface area (Å²) in [5, 5.41) is 15.5. The van der Waals surface area contributed by atoms with E-state index in [0.29, 0.717) is 22.7 Å². The first-order valence-corrected chi connectivity index (χ1v) is 9.20. The number of carboxylic acids is 1. The molecule has 3 aromatic rings. The van der Waals surface area contributed by atoms with E-state index in [1.807, 2.05) is 30.3 Å². The summed E-state index contributed by atoms with van der Waals surface area (Å²) in [6.07, 6.45) is -0.687. The van der Waals surface area contributed by atoms with Crippen LogP contribution < -0.4 is 10.1 Å². The molecule has 0 aliphatic carbocycles. The van der Waals surface area contributed by atoms with Gasteiger partial charge < -0.3 is 19.1 Å². The summed E-state index contributed by atoms with van der Waals surface area (Å²) in [5.74, 6) is -0.654. The third-order valence-corrected chi connectivity index (χ3v) is 4.29. The predicted molar refractivity (Wildman–Crippen MR) is 107 cm³/mol. The van der Waals surface area contributed by atoms with Gasteiger partial charge in [-0.25, -0.2) is 14.6 Å². The normalized spacial score (nSPS) is 12.6. The number of benzene rings is 1. The van der Waals surface area contributed by atoms with Gasteiger partial charge in [0.2, 0.25) is 5.88 Å². The highest BCUT2D eigenvalue weighted by molar-refractivity contribution is 5.90. The minimum Gasteiger partial charge on any atom is -0.479 e. The standard InChI is InChI=1S/C21H21N3O6/c1-12-18(23-21(27)29-13(2)15-7-5-4-6-8-15)19(30-24-12)16-9-10-17(22-11-16)28-14(3)20(25)26/h4-11,13-14H,1-3H3,(H,23,27)(H,25,26). The fourth-order valence-corrected chi connectivity index (χ4v) is 2.61. The number of aromatic nitrogens is 2. The number of aryl methyl sites for hydroxylation is 1. The fraction of sp³-hybridized carbons (Fsp3) is 0.238. The molecule has 0 radical (unpaired) electrons. The molecular weight excluding hydrogens is 390 g/mol. The van der Waals surface area contributed by atoms with Crippen molar-refractivity contribution in [3.8, 4) is 17.2 Å². The minimum absolute atomic E-state index is 0.149. The summed E-state index contributed by atoms with van der Waals surface area (Å²) in [6.45, 7) is 4.86. The van der Waals surface area contributed by atoms with Crippen LogP contribution in [-0.4, -0.2) is 33.4 Å². The zero-order valence-electron chi connectivity index (χ0n) is 16.7. The molecular formula is C21H21N3O6. The van der Waals surface area contributed by atoms with E-state index >= 15 is 0 Å². The third-order valence-electron chi connectivity index (χ3n) is 4.29. The van der Waals surface area contributed by atoms with Crippen molar-refractivity contribution in [1.82, 2.24) is 10.1 Å². The second-order valence-electron chi connectivity index (χ2n) is 6.54. The van der Waals surface area contributed by atoms with Gasteiger partial charge in [-0.1, -0.05) is 35.5 Å². The second kappa shape index (κ2) is 9.08. The first-order valence-electron chi connectivity index (χ1n) is 9.20. The van der Waals surface area contributed by atoms with Crippen LogP contribution in [-0.2, 0) is 9.53 Å². The molecule has 2 N–H and O–H groups in total. The molecule has 156 valence electrons. The first-order chi connectivity index (χ1) is 14.3. The Kier molecular flexibility index (Phi) is 6.31. The van der Waals surface area contributed by atoms with E-state index in [0.717, 1.165) is 5.56 Å². The quantitative estimate of drug-likeness (QED) is 0.593. The Labute approximate surface area is 172 Å². The minimum atomic E-state index is -1.10. The Morgan fingerprint density at radius 2 is 1.87 bits per heavy atom. The van der Waals surface area contributed by atoms with Gasteiger partial charge in [-0.3, -0.25) is 5.32 Å². The molecule has 3 rings (SSSR count). The van der Waals surface area contributed by atoms with Crippen LogP contribution in [0.15, 0.2) is 53.2 Å². The summed E-state index contributed by atoms with van der Waals surface area (Å²) < 4.78 is 16.0. The SMILES string of the molecule is Cc1noc(-c2ccc(OC(C)C(=O)O)nc2)c1NC(=O)OC(C)c1ccccc1. The molecule has 0 bridgehead atoms. The topological polar surface area (TPSA) is 124 Å². The average molecular weight is 411 g/mol. The Morgan fingerprint density at radius 3 is 2.50 bits per heavy atom. The van der Waals surface area contributed by atoms with Crippen LogP contribution in [0.1, 0.15) is 31.2 Å². The van der Waals surface area contributed by atoms with Crippen LogP contribution in [0.3, 0.4) is 0 Å². The number of ether oxygens (including phenoxy) is 2. The maximum atomic E-state index is 12.4. The van der Waals surface area contributed by atoms with E-state index in [-0.39, 0.29) is 5.88 Å². The van der Waals surface area contributed by atoms with Crippen LogP contribution in [0.5, 0.6) is 5.88 Å². The first kappa shape index (κ1) is 20.8. The number of nitrogens with zero attached hydrogens (tertiary/aromatic N) is 2. The molecule has 9 nitrogen and oxygen atoms in total. The molecule has 9 heteroatoms. The molecule has 1 aromatic carbocycles. The smallest absolute Gasteiger partial charge is 0.412 e. The largest absolute Gasteiger partial charge is 0.479 e. The molecule has 2 unspecified atom stereocenters. The van der Waals surface area contributed by atoms with Gasteiger partial charge in [0.1, 0.15) is 17.5 Å². The Bertz CT molecular complexity index is 1020. The number of carbonyl (C=O) groups excluding carboxylic acids is 1. The Morgan fingerprint density at radius 1 is 1.13 bits per heavy atom. The molecule has 2 atom stereocenters. The molecule has 2 aromatic heterocycles. The van der Waals surface area contributed by atoms with Crippen molar-refractivity contribution in [2.45, 2.75) is 33.0 Å². The molecule has 2 heterocycles. The maximum Gasteiger partial charge on any atom is 0.412 e. The predicted octanol–water partition coefficient (Wildman–Crippen LogP) is 4.21. The number of hydrogen-bond acceptors (Lipinski definition) is 7. The van der Waals surface area contributed by atoms with Gasteiger partial charge >= 0.3 is 12.1 Å². The van der Waals surface area contributed by atoms with E-state index in [1.54, 1.807) is 19.9 Å². The van der Waals surface area contributed by atoms with E-state index in [2.05, 4.69) is 15.5 Å². The van der Waals surface area contributed by atoms with E-state index in [9.17, 15) is 9.59 Å². The lowest BCUT2D eigenvalue weighted by Crippen LogP contribution is -2.23. The highest BCUT2D eigenvalue weighted by Gasteiger charge is 2.20. The number of rotatable bonds is 7. The van der Waals surface area contributed by atoms with Crippen molar-refractivity contribution < 1.29 is 28.7 Å². The van der Waals surface area contributed by atoms with Gasteiger partial charge in [0.25, 0.3) is 0 Å². The third kappa shape index (κ3) is 4.93. The number of hydrogen-bond donors (Lipinski definition) is 2. The number of carboxylic acid groups (broad SMARTS) is 1. The van der Waals surface area contributed by atoms with Gasteiger partial charge in [-0.05, 0) is 32.4 Å². The van der Waals surface area contributed by atoms with Crippen molar-refractivity contribution >= 4 is 17.7 Å². The van der Waals surface area contributed by atoms with Gasteiger partial charge in [-0.2, -0.15) is 0 Å². The number of anilines is 1. The molecule has 0 aliphatic rings. The van der Waals surface area contributed by atoms with Gasteiger partial charge in [0.15, 0.2) is 11.9 Å². The van der Waals surface area contributed by atoms with Crippen LogP contribution >= 0.6 is 0 Å². The van der Waals surface area contributed by atoms with Gasteiger partial charge in [0.05, 0.1) is 0 Å². The molecule has 0 fully saturated rings. The van der Waals surface area contributed by atoms with E-state index < -0.39 is 24.3 Å². The zero-order valence-corrected chi connectivity index (χ0v) is 16.7. The molecule has 0 saturated carbocycles. The van der Waals surface area contributed by atoms with E-state index in [4.69, 9.17) is 19.1 Å². The van der Waals surface area contributed by atoms with Crippen LogP contribution in [0, 0.1) is 6.92 Å². The summed E-state index contributed by atoms with van der Waals surface area (Å²) in [4.78, 5) is 27.3. The van der Waals surface area contributed by atoms with Crippen LogP contribution in [0.4, 0.5) is 10.5 Å². The zero-order chi connectivity index (χ0) is 21.7. The summed E-state index contributed by atoms with van der Waals surface area (Å²) in [7, 11) is 0. The number of carbonyl (C=O) groups is 2. The average Bonchev–Trinajstić information content (AvgIpc) is 3.09. The Balaban J connectivity index is 1.72. The fourth-order valence-electron chi connectivity index (χ4n) is 2.61. The summed E-state index contributed by atoms with van der Waals surface area (Å²) in [6, 6.07) is 12.5. The lowest BCUT2D eigenvalue weighted by Gasteiger charge is -2.14. The van der Waals surface area contributed by atoms with Gasteiger partial charge in [-0.15, -0.1) is 0 Å². The lowest BCUT2D eigenvalue weighted by atomic mass is 10.1. The molecule has 0 spiro atoms. The van der Waals surface area contributed by atoms with Crippen molar-refractivity contribution in [1.29, 1.82) is 0 Å². The number of nitrogens with one attached hydrogen (secondary N) is 1. The second-order valence-corrected chi connectivity index (χ2v) is 6.54. The maximum absolute atomic E-state index is 12.4. The summed E-state index contributed by atoms with van der Waals surface area (Å²) in [5.41, 5.74) is 2.21. The van der Waals surface area contributed by atoms with Crippen molar-refractivity contribution in [2.75, 3.05) is 5.32 Å². The Hall–Kier alpha value is -3.88. The molecule has 30 heavy (non-hydrogen) atoms.